The molecular formula is C55H109NO3. The van der Waals surface area contributed by atoms with Gasteiger partial charge in [0.25, 0.3) is 0 Å². The molecule has 2 atom stereocenters. The van der Waals surface area contributed by atoms with Gasteiger partial charge in [-0.05, 0) is 38.5 Å². The van der Waals surface area contributed by atoms with Crippen LogP contribution >= 0.6 is 0 Å². The summed E-state index contributed by atoms with van der Waals surface area (Å²) in [6, 6.07) is -0.531. The number of amides is 1. The van der Waals surface area contributed by atoms with Crippen LogP contribution in [-0.4, -0.2) is 34.9 Å². The maximum Gasteiger partial charge on any atom is 0.220 e. The molecule has 0 bridgehead atoms. The van der Waals surface area contributed by atoms with E-state index in [1.807, 2.05) is 0 Å². The van der Waals surface area contributed by atoms with E-state index in [9.17, 15) is 15.0 Å². The molecule has 0 saturated carbocycles. The molecule has 2 unspecified atom stereocenters. The fourth-order valence-corrected chi connectivity index (χ4v) is 8.83. The highest BCUT2D eigenvalue weighted by Gasteiger charge is 2.20. The number of aliphatic hydroxyl groups excluding tert-OH is 2. The van der Waals surface area contributed by atoms with E-state index in [4.69, 9.17) is 0 Å². The molecule has 0 fully saturated rings. The van der Waals surface area contributed by atoms with Crippen LogP contribution in [-0.2, 0) is 4.79 Å². The van der Waals surface area contributed by atoms with Gasteiger partial charge < -0.3 is 15.5 Å². The lowest BCUT2D eigenvalue weighted by molar-refractivity contribution is -0.123. The van der Waals surface area contributed by atoms with Crippen molar-refractivity contribution in [1.29, 1.82) is 0 Å². The van der Waals surface area contributed by atoms with E-state index in [0.717, 1.165) is 25.7 Å². The first kappa shape index (κ1) is 58.1. The largest absolute Gasteiger partial charge is 0.394 e. The van der Waals surface area contributed by atoms with Crippen molar-refractivity contribution in [2.75, 3.05) is 6.61 Å². The van der Waals surface area contributed by atoms with Crippen molar-refractivity contribution in [3.05, 3.63) is 12.2 Å². The lowest BCUT2D eigenvalue weighted by Gasteiger charge is -2.22. The predicted molar refractivity (Wildman–Crippen MR) is 263 cm³/mol. The summed E-state index contributed by atoms with van der Waals surface area (Å²) < 4.78 is 0. The van der Waals surface area contributed by atoms with E-state index >= 15 is 0 Å². The van der Waals surface area contributed by atoms with Crippen LogP contribution in [0, 0.1) is 0 Å². The number of aliphatic hydroxyl groups is 2. The predicted octanol–water partition coefficient (Wildman–Crippen LogP) is 17.8. The number of hydrogen-bond acceptors (Lipinski definition) is 3. The van der Waals surface area contributed by atoms with Gasteiger partial charge in [-0.15, -0.1) is 0 Å². The molecule has 0 radical (unpaired) electrons. The first-order valence-corrected chi connectivity index (χ1v) is 27.4. The SMILES string of the molecule is CCCCCCCCCC/C=C\CCCCCCCCCCCCCCCCCCCCCCCCCC(=O)NC(CO)C(O)CCCCCCCCCCCCCC. The van der Waals surface area contributed by atoms with E-state index in [-0.39, 0.29) is 12.5 Å². The van der Waals surface area contributed by atoms with Crippen LogP contribution in [0.1, 0.15) is 316 Å². The second-order valence-electron chi connectivity index (χ2n) is 19.0. The lowest BCUT2D eigenvalue weighted by Crippen LogP contribution is -2.45. The van der Waals surface area contributed by atoms with Gasteiger partial charge in [0.2, 0.25) is 5.91 Å². The van der Waals surface area contributed by atoms with Gasteiger partial charge in [-0.1, -0.05) is 283 Å². The van der Waals surface area contributed by atoms with Crippen molar-refractivity contribution >= 4 is 5.91 Å². The molecule has 0 aromatic carbocycles. The van der Waals surface area contributed by atoms with Crippen molar-refractivity contribution in [3.8, 4) is 0 Å². The Morgan fingerprint density at radius 3 is 0.932 bits per heavy atom. The quantitative estimate of drug-likeness (QED) is 0.0422. The summed E-state index contributed by atoms with van der Waals surface area (Å²) in [6.45, 7) is 4.38. The fourth-order valence-electron chi connectivity index (χ4n) is 8.83. The number of hydrogen-bond donors (Lipinski definition) is 3. The summed E-state index contributed by atoms with van der Waals surface area (Å²) in [4.78, 5) is 12.4. The van der Waals surface area contributed by atoms with Crippen LogP contribution in [0.4, 0.5) is 0 Å². The van der Waals surface area contributed by atoms with E-state index in [0.29, 0.717) is 12.8 Å². The molecular weight excluding hydrogens is 723 g/mol. The standard InChI is InChI=1S/C55H109NO3/c1-3-5-7-9-11-13-15-17-18-19-20-21-22-23-24-25-26-27-28-29-30-31-32-33-34-35-36-37-38-39-41-43-45-47-49-51-55(59)56-53(52-57)54(58)50-48-46-44-42-40-16-14-12-10-8-6-4-2/h19-20,53-54,57-58H,3-18,21-52H2,1-2H3,(H,56,59)/b20-19-. The number of carbonyl (C=O) groups excluding carboxylic acids is 1. The third kappa shape index (κ3) is 48.0. The number of rotatable bonds is 51. The van der Waals surface area contributed by atoms with Crippen LogP contribution in [0.25, 0.3) is 0 Å². The normalized spacial score (nSPS) is 12.8. The van der Waals surface area contributed by atoms with Gasteiger partial charge in [-0.25, -0.2) is 0 Å². The van der Waals surface area contributed by atoms with Crippen molar-refractivity contribution in [1.82, 2.24) is 5.32 Å². The third-order valence-electron chi connectivity index (χ3n) is 13.0. The highest BCUT2D eigenvalue weighted by molar-refractivity contribution is 5.76. The maximum absolute atomic E-state index is 12.4. The Morgan fingerprint density at radius 2 is 0.644 bits per heavy atom. The molecule has 59 heavy (non-hydrogen) atoms. The first-order valence-electron chi connectivity index (χ1n) is 27.4. The maximum atomic E-state index is 12.4. The van der Waals surface area contributed by atoms with Gasteiger partial charge in [-0.2, -0.15) is 0 Å². The van der Waals surface area contributed by atoms with Crippen molar-refractivity contribution in [3.63, 3.8) is 0 Å². The summed E-state index contributed by atoms with van der Waals surface area (Å²) in [6.07, 6.45) is 66.4. The lowest BCUT2D eigenvalue weighted by atomic mass is 10.0. The molecule has 4 nitrogen and oxygen atoms in total. The second kappa shape index (κ2) is 51.5. The third-order valence-corrected chi connectivity index (χ3v) is 13.0. The molecule has 0 saturated heterocycles. The van der Waals surface area contributed by atoms with E-state index in [1.54, 1.807) is 0 Å². The molecule has 1 amide bonds. The molecule has 0 aliphatic carbocycles. The van der Waals surface area contributed by atoms with Gasteiger partial charge in [0.1, 0.15) is 0 Å². The Morgan fingerprint density at radius 1 is 0.390 bits per heavy atom. The highest BCUT2D eigenvalue weighted by Crippen LogP contribution is 2.18. The van der Waals surface area contributed by atoms with Crippen molar-refractivity contribution < 1.29 is 15.0 Å². The minimum Gasteiger partial charge on any atom is -0.394 e. The number of carbonyl (C=O) groups is 1. The average Bonchev–Trinajstić information content (AvgIpc) is 3.24. The van der Waals surface area contributed by atoms with Crippen LogP contribution in [0.3, 0.4) is 0 Å². The monoisotopic (exact) mass is 832 g/mol. The van der Waals surface area contributed by atoms with Crippen LogP contribution in [0.15, 0.2) is 12.2 Å². The minimum absolute atomic E-state index is 0.0256. The second-order valence-corrected chi connectivity index (χ2v) is 19.0. The van der Waals surface area contributed by atoms with Gasteiger partial charge in [0.05, 0.1) is 18.8 Å². The van der Waals surface area contributed by atoms with Crippen LogP contribution in [0.2, 0.25) is 0 Å². The van der Waals surface area contributed by atoms with E-state index in [2.05, 4.69) is 31.3 Å². The summed E-state index contributed by atoms with van der Waals surface area (Å²) in [5, 5.41) is 23.2. The summed E-state index contributed by atoms with van der Waals surface area (Å²) in [7, 11) is 0. The number of unbranched alkanes of at least 4 members (excludes halogenated alkanes) is 42. The zero-order chi connectivity index (χ0) is 42.8. The van der Waals surface area contributed by atoms with Gasteiger partial charge >= 0.3 is 0 Å². The highest BCUT2D eigenvalue weighted by atomic mass is 16.3. The Kier molecular flexibility index (Phi) is 50.7. The summed E-state index contributed by atoms with van der Waals surface area (Å²) >= 11 is 0. The smallest absolute Gasteiger partial charge is 0.220 e. The molecule has 0 aromatic rings. The van der Waals surface area contributed by atoms with Crippen molar-refractivity contribution in [2.24, 2.45) is 0 Å². The summed E-state index contributed by atoms with van der Waals surface area (Å²) in [5.41, 5.74) is 0. The number of nitrogens with one attached hydrogen (secondary N) is 1. The van der Waals surface area contributed by atoms with Crippen LogP contribution < -0.4 is 5.32 Å². The molecule has 0 spiro atoms. The number of allylic oxidation sites excluding steroid dienone is 2. The Hall–Kier alpha value is -0.870. The van der Waals surface area contributed by atoms with Gasteiger partial charge in [0, 0.05) is 6.42 Å². The van der Waals surface area contributed by atoms with Gasteiger partial charge in [0.15, 0.2) is 0 Å². The van der Waals surface area contributed by atoms with Crippen molar-refractivity contribution in [2.45, 2.75) is 328 Å². The minimum atomic E-state index is -0.654. The van der Waals surface area contributed by atoms with Gasteiger partial charge in [-0.3, -0.25) is 4.79 Å². The molecule has 0 rings (SSSR count). The average molecular weight is 832 g/mol. The van der Waals surface area contributed by atoms with Crippen LogP contribution in [0.5, 0.6) is 0 Å². The van der Waals surface area contributed by atoms with E-state index < -0.39 is 12.1 Å². The molecule has 0 aromatic heterocycles. The zero-order valence-corrected chi connectivity index (χ0v) is 40.6. The summed E-state index contributed by atoms with van der Waals surface area (Å²) in [5.74, 6) is -0.0256. The first-order chi connectivity index (χ1) is 29.2. The Bertz CT molecular complexity index is 814. The molecule has 3 N–H and O–H groups in total. The topological polar surface area (TPSA) is 69.6 Å². The molecule has 352 valence electrons. The van der Waals surface area contributed by atoms with E-state index in [1.165, 1.54) is 263 Å². The molecule has 4 heteroatoms. The fraction of sp³-hybridized carbons (Fsp3) is 0.945. The molecule has 0 aliphatic heterocycles. The molecule has 0 heterocycles. The Balaban J connectivity index is 3.34. The molecule has 0 aliphatic rings. The Labute approximate surface area is 371 Å². The zero-order valence-electron chi connectivity index (χ0n) is 40.6.